The highest BCUT2D eigenvalue weighted by atomic mass is 14.9. The van der Waals surface area contributed by atoms with E-state index in [0.29, 0.717) is 12.1 Å². The van der Waals surface area contributed by atoms with Gasteiger partial charge in [-0.05, 0) is 37.3 Å². The lowest BCUT2D eigenvalue weighted by Crippen LogP contribution is -2.36. The number of hydrogen-bond acceptors (Lipinski definition) is 2. The van der Waals surface area contributed by atoms with Gasteiger partial charge in [0.05, 0.1) is 0 Å². The molecular formula is C11H19N3. The fraction of sp³-hybridized carbons (Fsp3) is 0.636. The normalized spacial score (nSPS) is 27.8. The maximum absolute atomic E-state index is 5.85. The van der Waals surface area contributed by atoms with Crippen LogP contribution >= 0.6 is 0 Å². The molecule has 0 saturated heterocycles. The van der Waals surface area contributed by atoms with Gasteiger partial charge >= 0.3 is 0 Å². The molecule has 3 heteroatoms. The first-order valence-corrected chi connectivity index (χ1v) is 5.45. The van der Waals surface area contributed by atoms with Crippen molar-refractivity contribution in [3.05, 3.63) is 24.0 Å². The Hall–Kier alpha value is -0.800. The molecule has 14 heavy (non-hydrogen) atoms. The highest BCUT2D eigenvalue weighted by Gasteiger charge is 2.17. The first kappa shape index (κ1) is 9.74. The summed E-state index contributed by atoms with van der Waals surface area (Å²) in [6, 6.07) is 3.23. The molecule has 0 amide bonds. The molecule has 0 radical (unpaired) electrons. The highest BCUT2D eigenvalue weighted by molar-refractivity contribution is 5.07. The molecule has 0 spiro atoms. The number of hydrogen-bond donors (Lipinski definition) is 3. The van der Waals surface area contributed by atoms with Crippen LogP contribution in [0, 0.1) is 0 Å². The molecule has 1 heterocycles. The number of aromatic amines is 1. The van der Waals surface area contributed by atoms with Crippen LogP contribution < -0.4 is 11.1 Å². The smallest absolute Gasteiger partial charge is 0.0223 e. The summed E-state index contributed by atoms with van der Waals surface area (Å²) in [7, 11) is 0. The number of aromatic nitrogens is 1. The van der Waals surface area contributed by atoms with Gasteiger partial charge in [-0.3, -0.25) is 0 Å². The van der Waals surface area contributed by atoms with Crippen LogP contribution in [0.4, 0.5) is 0 Å². The molecule has 3 nitrogen and oxygen atoms in total. The standard InChI is InChI=1S/C11H19N3/c12-10-1-3-11(4-2-10)14-8-9-5-6-13-7-9/h5-7,10-11,13-14H,1-4,8,12H2. The Morgan fingerprint density at radius 2 is 2.14 bits per heavy atom. The van der Waals surface area contributed by atoms with Crippen LogP contribution in [0.1, 0.15) is 31.2 Å². The third kappa shape index (κ3) is 2.59. The first-order valence-electron chi connectivity index (χ1n) is 5.45. The van der Waals surface area contributed by atoms with Crippen LogP contribution in [0.2, 0.25) is 0 Å². The van der Waals surface area contributed by atoms with Gasteiger partial charge in [0.2, 0.25) is 0 Å². The number of rotatable bonds is 3. The lowest BCUT2D eigenvalue weighted by Gasteiger charge is -2.26. The van der Waals surface area contributed by atoms with Crippen molar-refractivity contribution in [1.29, 1.82) is 0 Å². The predicted molar refractivity (Wildman–Crippen MR) is 57.9 cm³/mol. The van der Waals surface area contributed by atoms with Crippen molar-refractivity contribution < 1.29 is 0 Å². The van der Waals surface area contributed by atoms with Crippen molar-refractivity contribution in [3.63, 3.8) is 0 Å². The highest BCUT2D eigenvalue weighted by Crippen LogP contribution is 2.17. The molecule has 78 valence electrons. The topological polar surface area (TPSA) is 53.8 Å². The molecule has 0 aromatic carbocycles. The van der Waals surface area contributed by atoms with Gasteiger partial charge in [-0.25, -0.2) is 0 Å². The summed E-state index contributed by atoms with van der Waals surface area (Å²) in [4.78, 5) is 3.06. The van der Waals surface area contributed by atoms with E-state index in [1.54, 1.807) is 0 Å². The summed E-state index contributed by atoms with van der Waals surface area (Å²) >= 11 is 0. The van der Waals surface area contributed by atoms with Crippen molar-refractivity contribution in [2.24, 2.45) is 5.73 Å². The Morgan fingerprint density at radius 1 is 1.36 bits per heavy atom. The summed E-state index contributed by atoms with van der Waals surface area (Å²) in [5.41, 5.74) is 7.19. The maximum Gasteiger partial charge on any atom is 0.0223 e. The Bertz CT molecular complexity index is 248. The van der Waals surface area contributed by atoms with E-state index in [1.807, 2.05) is 12.4 Å². The Kier molecular flexibility index (Phi) is 3.22. The van der Waals surface area contributed by atoms with Crippen LogP contribution in [-0.4, -0.2) is 17.1 Å². The number of nitrogens with two attached hydrogens (primary N) is 1. The lowest BCUT2D eigenvalue weighted by molar-refractivity contribution is 0.342. The fourth-order valence-electron chi connectivity index (χ4n) is 2.05. The molecule has 0 unspecified atom stereocenters. The molecular weight excluding hydrogens is 174 g/mol. The summed E-state index contributed by atoms with van der Waals surface area (Å²) < 4.78 is 0. The molecule has 1 aromatic rings. The van der Waals surface area contributed by atoms with Crippen LogP contribution in [0.3, 0.4) is 0 Å². The summed E-state index contributed by atoms with van der Waals surface area (Å²) in [6.07, 6.45) is 8.81. The monoisotopic (exact) mass is 193 g/mol. The molecule has 4 N–H and O–H groups in total. The second-order valence-corrected chi connectivity index (χ2v) is 4.21. The van der Waals surface area contributed by atoms with Gasteiger partial charge in [0, 0.05) is 31.0 Å². The molecule has 0 aliphatic heterocycles. The Balaban J connectivity index is 1.71. The van der Waals surface area contributed by atoms with Crippen molar-refractivity contribution in [3.8, 4) is 0 Å². The van der Waals surface area contributed by atoms with Crippen LogP contribution in [0.15, 0.2) is 18.5 Å². The van der Waals surface area contributed by atoms with E-state index in [4.69, 9.17) is 5.73 Å². The molecule has 1 aliphatic rings. The van der Waals surface area contributed by atoms with Crippen LogP contribution in [-0.2, 0) is 6.54 Å². The zero-order chi connectivity index (χ0) is 9.80. The van der Waals surface area contributed by atoms with Gasteiger partial charge < -0.3 is 16.0 Å². The average molecular weight is 193 g/mol. The third-order valence-corrected chi connectivity index (χ3v) is 3.03. The lowest BCUT2D eigenvalue weighted by atomic mass is 9.92. The van der Waals surface area contributed by atoms with Crippen LogP contribution in [0.5, 0.6) is 0 Å². The third-order valence-electron chi connectivity index (χ3n) is 3.03. The fourth-order valence-corrected chi connectivity index (χ4v) is 2.05. The molecule has 1 fully saturated rings. The van der Waals surface area contributed by atoms with Gasteiger partial charge in [-0.15, -0.1) is 0 Å². The van der Waals surface area contributed by atoms with E-state index in [-0.39, 0.29) is 0 Å². The molecule has 2 rings (SSSR count). The zero-order valence-electron chi connectivity index (χ0n) is 8.50. The first-order chi connectivity index (χ1) is 6.84. The largest absolute Gasteiger partial charge is 0.367 e. The number of H-pyrrole nitrogens is 1. The minimum atomic E-state index is 0.445. The Labute approximate surface area is 85.1 Å². The Morgan fingerprint density at radius 3 is 2.79 bits per heavy atom. The second-order valence-electron chi connectivity index (χ2n) is 4.21. The minimum Gasteiger partial charge on any atom is -0.367 e. The molecule has 1 aromatic heterocycles. The zero-order valence-corrected chi connectivity index (χ0v) is 8.50. The van der Waals surface area contributed by atoms with Crippen molar-refractivity contribution in [1.82, 2.24) is 10.3 Å². The SMILES string of the molecule is NC1CCC(NCc2cc[nH]c2)CC1. The van der Waals surface area contributed by atoms with E-state index in [2.05, 4.69) is 16.4 Å². The minimum absolute atomic E-state index is 0.445. The molecule has 1 saturated carbocycles. The quantitative estimate of drug-likeness (QED) is 0.679. The summed E-state index contributed by atoms with van der Waals surface area (Å²) in [6.45, 7) is 0.976. The van der Waals surface area contributed by atoms with Gasteiger partial charge in [-0.1, -0.05) is 0 Å². The van der Waals surface area contributed by atoms with Gasteiger partial charge in [0.1, 0.15) is 0 Å². The number of nitrogens with one attached hydrogen (secondary N) is 2. The van der Waals surface area contributed by atoms with E-state index in [0.717, 1.165) is 6.54 Å². The van der Waals surface area contributed by atoms with Gasteiger partial charge in [-0.2, -0.15) is 0 Å². The van der Waals surface area contributed by atoms with Gasteiger partial charge in [0.15, 0.2) is 0 Å². The maximum atomic E-state index is 5.85. The van der Waals surface area contributed by atoms with Crippen molar-refractivity contribution in [2.45, 2.75) is 44.3 Å². The molecule has 1 aliphatic carbocycles. The van der Waals surface area contributed by atoms with Crippen molar-refractivity contribution in [2.75, 3.05) is 0 Å². The van der Waals surface area contributed by atoms with Crippen molar-refractivity contribution >= 4 is 0 Å². The summed E-state index contributed by atoms with van der Waals surface area (Å²) in [5, 5.41) is 3.57. The van der Waals surface area contributed by atoms with Gasteiger partial charge in [0.25, 0.3) is 0 Å². The van der Waals surface area contributed by atoms with E-state index in [9.17, 15) is 0 Å². The summed E-state index contributed by atoms with van der Waals surface area (Å²) in [5.74, 6) is 0. The molecule has 0 atom stereocenters. The predicted octanol–water partition coefficient (Wildman–Crippen LogP) is 1.37. The van der Waals surface area contributed by atoms with E-state index >= 15 is 0 Å². The van der Waals surface area contributed by atoms with Crippen LogP contribution in [0.25, 0.3) is 0 Å². The van der Waals surface area contributed by atoms with E-state index in [1.165, 1.54) is 31.2 Å². The second kappa shape index (κ2) is 4.62. The molecule has 0 bridgehead atoms. The van der Waals surface area contributed by atoms with E-state index < -0.39 is 0 Å². The average Bonchev–Trinajstić information content (AvgIpc) is 2.70.